The minimum absolute atomic E-state index is 0.268. The number of nitrogens with one attached hydrogen (secondary N) is 1. The maximum Gasteiger partial charge on any atom is 0.288 e. The highest BCUT2D eigenvalue weighted by molar-refractivity contribution is 7.99. The fourth-order valence-corrected chi connectivity index (χ4v) is 2.37. The van der Waals surface area contributed by atoms with Gasteiger partial charge in [-0.3, -0.25) is 4.79 Å². The van der Waals surface area contributed by atoms with Crippen LogP contribution in [0.5, 0.6) is 0 Å². The quantitative estimate of drug-likeness (QED) is 0.597. The zero-order valence-electron chi connectivity index (χ0n) is 10.8. The molecule has 110 valence electrons. The van der Waals surface area contributed by atoms with E-state index in [9.17, 15) is 13.6 Å². The van der Waals surface area contributed by atoms with Gasteiger partial charge in [-0.15, -0.1) is 0 Å². The summed E-state index contributed by atoms with van der Waals surface area (Å²) in [7, 11) is 0. The van der Waals surface area contributed by atoms with Gasteiger partial charge < -0.3 is 16.8 Å². The molecule has 0 unspecified atom stereocenters. The summed E-state index contributed by atoms with van der Waals surface area (Å²) < 4.78 is 25.0. The molecule has 0 aliphatic rings. The molecule has 0 heterocycles. The molecule has 4 nitrogen and oxygen atoms in total. The fourth-order valence-electron chi connectivity index (χ4n) is 1.77. The molecule has 0 radical (unpaired) electrons. The highest BCUT2D eigenvalue weighted by Crippen LogP contribution is 2.32. The molecule has 0 saturated carbocycles. The normalized spacial score (nSPS) is 10.6. The van der Waals surface area contributed by atoms with Gasteiger partial charge in [-0.25, -0.2) is 0 Å². The van der Waals surface area contributed by atoms with Crippen molar-refractivity contribution in [2.24, 2.45) is 0 Å². The van der Waals surface area contributed by atoms with Crippen molar-refractivity contribution in [3.63, 3.8) is 0 Å². The van der Waals surface area contributed by atoms with E-state index in [1.165, 1.54) is 24.3 Å². The van der Waals surface area contributed by atoms with Crippen molar-refractivity contribution >= 4 is 34.7 Å². The third-order valence-electron chi connectivity index (χ3n) is 2.59. The molecule has 0 aromatic heterocycles. The summed E-state index contributed by atoms with van der Waals surface area (Å²) in [5.74, 6) is -3.03. The molecule has 0 bridgehead atoms. The van der Waals surface area contributed by atoms with Crippen LogP contribution < -0.4 is 16.8 Å². The second-order valence-corrected chi connectivity index (χ2v) is 5.25. The number of nitrogens with two attached hydrogens (primary N) is 2. The number of alkyl halides is 2. The number of carbonyl (C=O) groups is 1. The summed E-state index contributed by atoms with van der Waals surface area (Å²) >= 11 is 0.371. The van der Waals surface area contributed by atoms with Gasteiger partial charge in [0.15, 0.2) is 0 Å². The lowest BCUT2D eigenvalue weighted by molar-refractivity contribution is 0.102. The lowest BCUT2D eigenvalue weighted by atomic mass is 10.1. The van der Waals surface area contributed by atoms with E-state index in [-0.39, 0.29) is 10.5 Å². The van der Waals surface area contributed by atoms with E-state index >= 15 is 0 Å². The van der Waals surface area contributed by atoms with Gasteiger partial charge in [-0.2, -0.15) is 8.78 Å². The Morgan fingerprint density at radius 2 is 1.71 bits per heavy atom. The summed E-state index contributed by atoms with van der Waals surface area (Å²) in [5, 5.41) is 2.58. The molecular formula is C14H13F2N3OS. The van der Waals surface area contributed by atoms with Crippen LogP contribution in [-0.4, -0.2) is 11.7 Å². The topological polar surface area (TPSA) is 81.1 Å². The molecule has 0 spiro atoms. The zero-order valence-corrected chi connectivity index (χ0v) is 11.7. The first kappa shape index (κ1) is 15.1. The van der Waals surface area contributed by atoms with E-state index in [1.54, 1.807) is 18.2 Å². The number of thioether (sulfide) groups is 1. The number of carbonyl (C=O) groups excluding carboxylic acids is 1. The minimum Gasteiger partial charge on any atom is -0.399 e. The molecule has 21 heavy (non-hydrogen) atoms. The van der Waals surface area contributed by atoms with E-state index in [0.717, 1.165) is 0 Å². The number of rotatable bonds is 4. The van der Waals surface area contributed by atoms with Crippen LogP contribution in [0.1, 0.15) is 10.4 Å². The Kier molecular flexibility index (Phi) is 4.64. The molecule has 7 heteroatoms. The highest BCUT2D eigenvalue weighted by atomic mass is 32.2. The lowest BCUT2D eigenvalue weighted by Crippen LogP contribution is -2.13. The highest BCUT2D eigenvalue weighted by Gasteiger charge is 2.13. The maximum absolute atomic E-state index is 12.5. The second-order valence-electron chi connectivity index (χ2n) is 4.22. The molecule has 0 atom stereocenters. The van der Waals surface area contributed by atoms with Crippen molar-refractivity contribution in [2.75, 3.05) is 16.8 Å². The van der Waals surface area contributed by atoms with Gasteiger partial charge in [0.25, 0.3) is 11.7 Å². The van der Waals surface area contributed by atoms with E-state index in [2.05, 4.69) is 5.32 Å². The number of hydrogen-bond acceptors (Lipinski definition) is 4. The molecule has 0 aliphatic heterocycles. The molecule has 2 aromatic rings. The van der Waals surface area contributed by atoms with Gasteiger partial charge in [0.05, 0.1) is 5.69 Å². The van der Waals surface area contributed by atoms with Crippen molar-refractivity contribution in [1.29, 1.82) is 0 Å². The average molecular weight is 309 g/mol. The van der Waals surface area contributed by atoms with E-state index < -0.39 is 11.7 Å². The number of halogens is 2. The van der Waals surface area contributed by atoms with Crippen LogP contribution in [0.15, 0.2) is 47.4 Å². The first-order valence-electron chi connectivity index (χ1n) is 5.97. The Balaban J connectivity index is 2.23. The van der Waals surface area contributed by atoms with Crippen LogP contribution in [0.3, 0.4) is 0 Å². The Labute approximate surface area is 124 Å². The third-order valence-corrected chi connectivity index (χ3v) is 3.38. The summed E-state index contributed by atoms with van der Waals surface area (Å²) in [4.78, 5) is 12.4. The maximum atomic E-state index is 12.5. The summed E-state index contributed by atoms with van der Waals surface area (Å²) in [5.41, 5.74) is 12.5. The summed E-state index contributed by atoms with van der Waals surface area (Å²) in [6, 6.07) is 10.8. The number of nitrogen functional groups attached to an aromatic ring is 2. The predicted octanol–water partition coefficient (Wildman–Crippen LogP) is 3.42. The zero-order chi connectivity index (χ0) is 15.4. The van der Waals surface area contributed by atoms with Crippen LogP contribution >= 0.6 is 11.8 Å². The van der Waals surface area contributed by atoms with E-state index in [0.29, 0.717) is 28.8 Å². The number of hydrogen-bond donors (Lipinski definition) is 3. The van der Waals surface area contributed by atoms with Crippen LogP contribution in [0, 0.1) is 0 Å². The predicted molar refractivity (Wildman–Crippen MR) is 81.5 cm³/mol. The number of para-hydroxylation sites is 1. The number of anilines is 3. The van der Waals surface area contributed by atoms with Crippen molar-refractivity contribution in [2.45, 2.75) is 10.7 Å². The van der Waals surface area contributed by atoms with Gasteiger partial charge in [0.1, 0.15) is 0 Å². The van der Waals surface area contributed by atoms with Gasteiger partial charge in [-0.05, 0) is 30.3 Å². The molecule has 0 fully saturated rings. The van der Waals surface area contributed by atoms with Crippen molar-refractivity contribution < 1.29 is 13.6 Å². The SMILES string of the molecule is Nc1cc(N)cc(C(=O)Nc2ccccc2SC(F)F)c1. The monoisotopic (exact) mass is 309 g/mol. The lowest BCUT2D eigenvalue weighted by Gasteiger charge is -2.11. The number of amides is 1. The molecule has 2 rings (SSSR count). The largest absolute Gasteiger partial charge is 0.399 e. The Morgan fingerprint density at radius 1 is 1.10 bits per heavy atom. The fraction of sp³-hybridized carbons (Fsp3) is 0.0714. The first-order valence-corrected chi connectivity index (χ1v) is 6.85. The second kappa shape index (κ2) is 6.45. The first-order chi connectivity index (χ1) is 9.95. The van der Waals surface area contributed by atoms with Crippen LogP contribution in [0.4, 0.5) is 25.8 Å². The van der Waals surface area contributed by atoms with Crippen LogP contribution in [0.2, 0.25) is 0 Å². The van der Waals surface area contributed by atoms with Crippen molar-refractivity contribution in [3.8, 4) is 0 Å². The average Bonchev–Trinajstić information content (AvgIpc) is 2.39. The summed E-state index contributed by atoms with van der Waals surface area (Å²) in [6.45, 7) is 0. The molecule has 2 aromatic carbocycles. The smallest absolute Gasteiger partial charge is 0.288 e. The Morgan fingerprint density at radius 3 is 2.33 bits per heavy atom. The van der Waals surface area contributed by atoms with E-state index in [4.69, 9.17) is 11.5 Å². The minimum atomic E-state index is -2.56. The molecule has 0 aliphatic carbocycles. The summed E-state index contributed by atoms with van der Waals surface area (Å²) in [6.07, 6.45) is 0. The standard InChI is InChI=1S/C14H13F2N3OS/c15-14(16)21-12-4-2-1-3-11(12)19-13(20)8-5-9(17)7-10(18)6-8/h1-7,14H,17-18H2,(H,19,20). The van der Waals surface area contributed by atoms with Crippen LogP contribution in [0.25, 0.3) is 0 Å². The van der Waals surface area contributed by atoms with Gasteiger partial charge >= 0.3 is 0 Å². The molecule has 1 amide bonds. The van der Waals surface area contributed by atoms with Gasteiger partial charge in [0.2, 0.25) is 0 Å². The van der Waals surface area contributed by atoms with Gasteiger partial charge in [0, 0.05) is 21.8 Å². The van der Waals surface area contributed by atoms with Crippen LogP contribution in [-0.2, 0) is 0 Å². The Bertz CT molecular complexity index is 644. The molecular weight excluding hydrogens is 296 g/mol. The van der Waals surface area contributed by atoms with Crippen molar-refractivity contribution in [1.82, 2.24) is 0 Å². The van der Waals surface area contributed by atoms with Crippen molar-refractivity contribution in [3.05, 3.63) is 48.0 Å². The molecule has 5 N–H and O–H groups in total. The number of benzene rings is 2. The third kappa shape index (κ3) is 4.09. The van der Waals surface area contributed by atoms with Gasteiger partial charge in [-0.1, -0.05) is 23.9 Å². The van der Waals surface area contributed by atoms with E-state index in [1.807, 2.05) is 0 Å². The molecule has 0 saturated heterocycles. The Hall–Kier alpha value is -2.28.